The van der Waals surface area contributed by atoms with Crippen molar-refractivity contribution >= 4 is 40.6 Å². The van der Waals surface area contributed by atoms with E-state index in [-0.39, 0.29) is 22.2 Å². The minimum absolute atomic E-state index is 0.0140. The first kappa shape index (κ1) is 19.8. The largest absolute Gasteiger partial charge is 0.320 e. The Morgan fingerprint density at radius 1 is 1.32 bits per heavy atom. The monoisotopic (exact) mass is 418 g/mol. The van der Waals surface area contributed by atoms with E-state index < -0.39 is 10.8 Å². The third kappa shape index (κ3) is 4.46. The summed E-state index contributed by atoms with van der Waals surface area (Å²) in [4.78, 5) is 27.1. The Morgan fingerprint density at radius 2 is 2.14 bits per heavy atom. The highest BCUT2D eigenvalue weighted by Gasteiger charge is 2.18. The number of halogens is 1. The summed E-state index contributed by atoms with van der Waals surface area (Å²) in [6.45, 7) is 2.54. The number of aromatic nitrogens is 4. The van der Waals surface area contributed by atoms with E-state index in [4.69, 9.17) is 11.6 Å². The molecule has 0 fully saturated rings. The molecular formula is C17H15ClN6O3S. The predicted octanol–water partition coefficient (Wildman–Crippen LogP) is 3.65. The van der Waals surface area contributed by atoms with Crippen LogP contribution >= 0.6 is 23.4 Å². The van der Waals surface area contributed by atoms with Crippen LogP contribution in [0.1, 0.15) is 6.92 Å². The van der Waals surface area contributed by atoms with Crippen LogP contribution in [0.3, 0.4) is 0 Å². The highest BCUT2D eigenvalue weighted by atomic mass is 35.5. The summed E-state index contributed by atoms with van der Waals surface area (Å²) >= 11 is 6.97. The lowest BCUT2D eigenvalue weighted by Crippen LogP contribution is -2.15. The maximum Gasteiger partial charge on any atom is 0.294 e. The number of amides is 1. The van der Waals surface area contributed by atoms with Gasteiger partial charge in [-0.25, -0.2) is 0 Å². The molecule has 0 aliphatic heterocycles. The number of nitrogens with zero attached hydrogens (tertiary/aromatic N) is 5. The number of pyridine rings is 1. The smallest absolute Gasteiger partial charge is 0.294 e. The molecule has 2 heterocycles. The van der Waals surface area contributed by atoms with E-state index in [0.29, 0.717) is 23.2 Å². The molecule has 1 aromatic carbocycles. The first-order chi connectivity index (χ1) is 13.5. The molecule has 0 saturated carbocycles. The SMILES string of the molecule is CCn1c(SCC(=O)Nc2ccc(Cl)cc2[N+](=O)[O-])nnc1-c1ccccn1. The van der Waals surface area contributed by atoms with E-state index in [0.717, 1.165) is 0 Å². The molecule has 0 atom stereocenters. The van der Waals surface area contributed by atoms with Gasteiger partial charge in [0.2, 0.25) is 5.91 Å². The van der Waals surface area contributed by atoms with Gasteiger partial charge in [0.05, 0.1) is 10.7 Å². The maximum atomic E-state index is 12.3. The van der Waals surface area contributed by atoms with Crippen LogP contribution in [0.5, 0.6) is 0 Å². The Balaban J connectivity index is 1.71. The first-order valence-electron chi connectivity index (χ1n) is 8.20. The number of anilines is 1. The van der Waals surface area contributed by atoms with Crippen LogP contribution in [0.15, 0.2) is 47.8 Å². The standard InChI is InChI=1S/C17H15ClN6O3S/c1-2-23-16(13-5-3-4-8-19-13)21-22-17(23)28-10-15(25)20-12-7-6-11(18)9-14(12)24(26)27/h3-9H,2,10H2,1H3,(H,20,25). The minimum Gasteiger partial charge on any atom is -0.320 e. The number of hydrogen-bond donors (Lipinski definition) is 1. The van der Waals surface area contributed by atoms with Crippen LogP contribution in [0.4, 0.5) is 11.4 Å². The van der Waals surface area contributed by atoms with Gasteiger partial charge in [0.15, 0.2) is 11.0 Å². The molecule has 0 aliphatic carbocycles. The van der Waals surface area contributed by atoms with Gasteiger partial charge in [-0.15, -0.1) is 10.2 Å². The second kappa shape index (κ2) is 8.81. The van der Waals surface area contributed by atoms with Gasteiger partial charge < -0.3 is 9.88 Å². The molecule has 3 aromatic rings. The molecule has 144 valence electrons. The van der Waals surface area contributed by atoms with Crippen molar-refractivity contribution in [1.29, 1.82) is 0 Å². The molecule has 9 nitrogen and oxygen atoms in total. The normalized spacial score (nSPS) is 10.6. The number of carbonyl (C=O) groups excluding carboxylic acids is 1. The summed E-state index contributed by atoms with van der Waals surface area (Å²) in [5, 5.41) is 22.7. The van der Waals surface area contributed by atoms with Crippen molar-refractivity contribution in [2.75, 3.05) is 11.1 Å². The van der Waals surface area contributed by atoms with E-state index in [1.54, 1.807) is 6.20 Å². The Labute approximate surface area is 169 Å². The van der Waals surface area contributed by atoms with E-state index in [2.05, 4.69) is 20.5 Å². The Kier molecular flexibility index (Phi) is 6.22. The van der Waals surface area contributed by atoms with Gasteiger partial charge in [-0.2, -0.15) is 0 Å². The average Bonchev–Trinajstić information content (AvgIpc) is 3.11. The van der Waals surface area contributed by atoms with Crippen LogP contribution in [-0.2, 0) is 11.3 Å². The second-order valence-electron chi connectivity index (χ2n) is 5.52. The molecule has 11 heteroatoms. The maximum absolute atomic E-state index is 12.3. The molecule has 0 bridgehead atoms. The average molecular weight is 419 g/mol. The molecular weight excluding hydrogens is 404 g/mol. The highest BCUT2D eigenvalue weighted by molar-refractivity contribution is 7.99. The number of thioether (sulfide) groups is 1. The zero-order chi connectivity index (χ0) is 20.1. The number of nitrogens with one attached hydrogen (secondary N) is 1. The molecule has 28 heavy (non-hydrogen) atoms. The second-order valence-corrected chi connectivity index (χ2v) is 6.90. The number of carbonyl (C=O) groups is 1. The summed E-state index contributed by atoms with van der Waals surface area (Å²) in [6, 6.07) is 9.57. The molecule has 2 aromatic heterocycles. The van der Waals surface area contributed by atoms with Crippen molar-refractivity contribution in [2.45, 2.75) is 18.6 Å². The van der Waals surface area contributed by atoms with Gasteiger partial charge in [0.25, 0.3) is 5.69 Å². The van der Waals surface area contributed by atoms with Crippen molar-refractivity contribution in [1.82, 2.24) is 19.7 Å². The van der Waals surface area contributed by atoms with E-state index in [1.165, 1.54) is 30.0 Å². The third-order valence-corrected chi connectivity index (χ3v) is 4.89. The van der Waals surface area contributed by atoms with Crippen molar-refractivity contribution in [3.8, 4) is 11.5 Å². The lowest BCUT2D eigenvalue weighted by Gasteiger charge is -2.08. The quantitative estimate of drug-likeness (QED) is 0.353. The molecule has 3 rings (SSSR count). The number of nitro benzene ring substituents is 1. The van der Waals surface area contributed by atoms with Gasteiger partial charge in [-0.1, -0.05) is 29.4 Å². The van der Waals surface area contributed by atoms with E-state index in [9.17, 15) is 14.9 Å². The fraction of sp³-hybridized carbons (Fsp3) is 0.176. The van der Waals surface area contributed by atoms with Crippen LogP contribution in [0.25, 0.3) is 11.5 Å². The molecule has 0 unspecified atom stereocenters. The Morgan fingerprint density at radius 3 is 2.82 bits per heavy atom. The van der Waals surface area contributed by atoms with Crippen LogP contribution in [0, 0.1) is 10.1 Å². The molecule has 1 N–H and O–H groups in total. The van der Waals surface area contributed by atoms with Gasteiger partial charge >= 0.3 is 0 Å². The molecule has 0 spiro atoms. The summed E-state index contributed by atoms with van der Waals surface area (Å²) in [6.07, 6.45) is 1.67. The topological polar surface area (TPSA) is 116 Å². The molecule has 0 radical (unpaired) electrons. The lowest BCUT2D eigenvalue weighted by molar-refractivity contribution is -0.383. The van der Waals surface area contributed by atoms with Gasteiger partial charge in [-0.3, -0.25) is 19.9 Å². The Hall–Kier alpha value is -2.98. The molecule has 0 saturated heterocycles. The third-order valence-electron chi connectivity index (χ3n) is 3.69. The van der Waals surface area contributed by atoms with Crippen LogP contribution in [-0.4, -0.2) is 36.3 Å². The summed E-state index contributed by atoms with van der Waals surface area (Å²) in [7, 11) is 0. The fourth-order valence-electron chi connectivity index (χ4n) is 2.44. The van der Waals surface area contributed by atoms with Crippen molar-refractivity contribution in [2.24, 2.45) is 0 Å². The van der Waals surface area contributed by atoms with Crippen molar-refractivity contribution < 1.29 is 9.72 Å². The number of rotatable bonds is 7. The lowest BCUT2D eigenvalue weighted by atomic mass is 10.2. The van der Waals surface area contributed by atoms with Gasteiger partial charge in [0.1, 0.15) is 11.4 Å². The van der Waals surface area contributed by atoms with Crippen LogP contribution in [0.2, 0.25) is 5.02 Å². The molecule has 1 amide bonds. The summed E-state index contributed by atoms with van der Waals surface area (Å²) in [5.41, 5.74) is 0.510. The fourth-order valence-corrected chi connectivity index (χ4v) is 3.41. The van der Waals surface area contributed by atoms with E-state index >= 15 is 0 Å². The molecule has 0 aliphatic rings. The van der Waals surface area contributed by atoms with Crippen LogP contribution < -0.4 is 5.32 Å². The van der Waals surface area contributed by atoms with Gasteiger partial charge in [0, 0.05) is 23.8 Å². The highest BCUT2D eigenvalue weighted by Crippen LogP contribution is 2.28. The van der Waals surface area contributed by atoms with Gasteiger partial charge in [-0.05, 0) is 31.2 Å². The Bertz CT molecular complexity index is 1010. The minimum atomic E-state index is -0.596. The van der Waals surface area contributed by atoms with Crippen molar-refractivity contribution in [3.05, 3.63) is 57.7 Å². The zero-order valence-electron chi connectivity index (χ0n) is 14.7. The summed E-state index contributed by atoms with van der Waals surface area (Å²) < 4.78 is 1.85. The number of nitro groups is 1. The van der Waals surface area contributed by atoms with E-state index in [1.807, 2.05) is 29.7 Å². The first-order valence-corrected chi connectivity index (χ1v) is 9.57. The summed E-state index contributed by atoms with van der Waals surface area (Å²) in [5.74, 6) is 0.222. The van der Waals surface area contributed by atoms with Crippen molar-refractivity contribution in [3.63, 3.8) is 0 Å². The number of benzene rings is 1. The predicted molar refractivity (Wildman–Crippen MR) is 106 cm³/mol. The number of hydrogen-bond acceptors (Lipinski definition) is 7. The zero-order valence-corrected chi connectivity index (χ0v) is 16.3.